The summed E-state index contributed by atoms with van der Waals surface area (Å²) in [7, 11) is 0. The van der Waals surface area contributed by atoms with Gasteiger partial charge in [-0.1, -0.05) is 20.8 Å². The van der Waals surface area contributed by atoms with Crippen molar-refractivity contribution in [2.75, 3.05) is 18.1 Å². The molecule has 0 radical (unpaired) electrons. The number of thioether (sulfide) groups is 1. The van der Waals surface area contributed by atoms with E-state index in [1.165, 1.54) is 15.1 Å². The summed E-state index contributed by atoms with van der Waals surface area (Å²) in [5, 5.41) is 5.71. The maximum Gasteiger partial charge on any atom is 0.0517 e. The molecule has 0 aromatic carbocycles. The maximum atomic E-state index is 3.62. The molecule has 0 saturated heterocycles. The van der Waals surface area contributed by atoms with Crippen LogP contribution in [0.5, 0.6) is 0 Å². The molecule has 0 saturated carbocycles. The van der Waals surface area contributed by atoms with Crippen molar-refractivity contribution in [3.63, 3.8) is 0 Å². The fraction of sp³-hybridized carbons (Fsp3) is 0.667. The molecule has 1 rings (SSSR count). The minimum absolute atomic E-state index is 0.489. The Labute approximate surface area is 116 Å². The molecule has 4 heteroatoms. The van der Waals surface area contributed by atoms with Gasteiger partial charge in [0.25, 0.3) is 0 Å². The second-order valence-corrected chi connectivity index (χ2v) is 7.05. The smallest absolute Gasteiger partial charge is 0.0517 e. The van der Waals surface area contributed by atoms with E-state index in [9.17, 15) is 0 Å². The Hall–Kier alpha value is 0.490. The van der Waals surface area contributed by atoms with Crippen LogP contribution in [0.4, 0.5) is 0 Å². The predicted molar refractivity (Wildman–Crippen MR) is 80.6 cm³/mol. The van der Waals surface area contributed by atoms with Crippen molar-refractivity contribution in [3.8, 4) is 0 Å². The lowest BCUT2D eigenvalue weighted by Crippen LogP contribution is -2.22. The summed E-state index contributed by atoms with van der Waals surface area (Å²) in [6, 6.07) is 2.63. The van der Waals surface area contributed by atoms with Crippen LogP contribution < -0.4 is 5.32 Å². The first-order chi connectivity index (χ1) is 7.65. The summed E-state index contributed by atoms with van der Waals surface area (Å²) in [5.41, 5.74) is 0. The molecular formula is C12H20BrNS2. The van der Waals surface area contributed by atoms with Crippen molar-refractivity contribution in [1.82, 2.24) is 5.32 Å². The maximum absolute atomic E-state index is 3.62. The lowest BCUT2D eigenvalue weighted by molar-refractivity contribution is 0.612. The summed E-state index contributed by atoms with van der Waals surface area (Å²) in [6.07, 6.45) is 0. The third-order valence-corrected chi connectivity index (χ3v) is 5.60. The molecule has 1 heterocycles. The fourth-order valence-electron chi connectivity index (χ4n) is 1.45. The normalized spacial score (nSPS) is 13.3. The molecule has 0 amide bonds. The van der Waals surface area contributed by atoms with Gasteiger partial charge >= 0.3 is 0 Å². The minimum Gasteiger partial charge on any atom is -0.309 e. The Morgan fingerprint density at radius 2 is 2.19 bits per heavy atom. The van der Waals surface area contributed by atoms with E-state index < -0.39 is 0 Å². The van der Waals surface area contributed by atoms with Crippen LogP contribution in [-0.2, 0) is 0 Å². The topological polar surface area (TPSA) is 12.0 Å². The van der Waals surface area contributed by atoms with Gasteiger partial charge in [0.1, 0.15) is 0 Å². The van der Waals surface area contributed by atoms with Gasteiger partial charge in [0.15, 0.2) is 0 Å². The van der Waals surface area contributed by atoms with Crippen LogP contribution >= 0.6 is 39.0 Å². The molecule has 92 valence electrons. The quantitative estimate of drug-likeness (QED) is 0.790. The second kappa shape index (κ2) is 7.75. The zero-order valence-electron chi connectivity index (χ0n) is 10.1. The van der Waals surface area contributed by atoms with Gasteiger partial charge in [-0.2, -0.15) is 11.8 Å². The molecule has 1 atom stereocenters. The molecule has 0 spiro atoms. The number of halogens is 1. The van der Waals surface area contributed by atoms with Crippen LogP contribution in [0.1, 0.15) is 31.7 Å². The third kappa shape index (κ3) is 4.78. The average Bonchev–Trinajstić information content (AvgIpc) is 2.63. The first kappa shape index (κ1) is 14.6. The second-order valence-electron chi connectivity index (χ2n) is 4.17. The van der Waals surface area contributed by atoms with E-state index in [0.29, 0.717) is 6.04 Å². The van der Waals surface area contributed by atoms with Gasteiger partial charge in [-0.3, -0.25) is 0 Å². The fourth-order valence-corrected chi connectivity index (χ4v) is 4.41. The van der Waals surface area contributed by atoms with Crippen LogP contribution in [0, 0.1) is 5.92 Å². The molecule has 1 aromatic rings. The molecule has 1 aromatic heterocycles. The molecule has 1 N–H and O–H groups in total. The molecule has 16 heavy (non-hydrogen) atoms. The Kier molecular flexibility index (Phi) is 7.04. The van der Waals surface area contributed by atoms with Gasteiger partial charge in [0.2, 0.25) is 0 Å². The Morgan fingerprint density at radius 3 is 2.69 bits per heavy atom. The van der Waals surface area contributed by atoms with Crippen LogP contribution in [0.25, 0.3) is 0 Å². The van der Waals surface area contributed by atoms with E-state index in [2.05, 4.69) is 53.5 Å². The van der Waals surface area contributed by atoms with E-state index in [4.69, 9.17) is 0 Å². The van der Waals surface area contributed by atoms with Crippen molar-refractivity contribution in [3.05, 3.63) is 20.8 Å². The monoisotopic (exact) mass is 321 g/mol. The van der Waals surface area contributed by atoms with Gasteiger partial charge in [-0.25, -0.2) is 0 Å². The van der Waals surface area contributed by atoms with Gasteiger partial charge < -0.3 is 5.32 Å². The SMILES string of the molecule is CCNC(CSCC(C)C)c1sccc1Br. The van der Waals surface area contributed by atoms with Gasteiger partial charge in [-0.05, 0) is 45.6 Å². The van der Waals surface area contributed by atoms with Gasteiger partial charge in [0, 0.05) is 15.1 Å². The zero-order chi connectivity index (χ0) is 12.0. The van der Waals surface area contributed by atoms with Gasteiger partial charge in [-0.15, -0.1) is 11.3 Å². The highest BCUT2D eigenvalue weighted by Crippen LogP contribution is 2.31. The standard InChI is InChI=1S/C12H20BrNS2/c1-4-14-11(8-15-7-9(2)3)12-10(13)5-6-16-12/h5-6,9,11,14H,4,7-8H2,1-3H3. The number of hydrogen-bond acceptors (Lipinski definition) is 3. The molecule has 0 aliphatic heterocycles. The molecule has 1 unspecified atom stereocenters. The summed E-state index contributed by atoms with van der Waals surface area (Å²) < 4.78 is 1.24. The van der Waals surface area contributed by atoms with Crippen LogP contribution in [0.15, 0.2) is 15.9 Å². The lowest BCUT2D eigenvalue weighted by atomic mass is 10.3. The summed E-state index contributed by atoms with van der Waals surface area (Å²) >= 11 is 7.49. The van der Waals surface area contributed by atoms with Crippen molar-refractivity contribution in [2.45, 2.75) is 26.8 Å². The molecule has 0 aliphatic rings. The average molecular weight is 322 g/mol. The van der Waals surface area contributed by atoms with Crippen molar-refractivity contribution in [2.24, 2.45) is 5.92 Å². The number of thiophene rings is 1. The first-order valence-electron chi connectivity index (χ1n) is 5.69. The van der Waals surface area contributed by atoms with E-state index in [-0.39, 0.29) is 0 Å². The number of hydrogen-bond donors (Lipinski definition) is 1. The highest BCUT2D eigenvalue weighted by Gasteiger charge is 2.14. The predicted octanol–water partition coefficient (Wildman–Crippen LogP) is 4.55. The van der Waals surface area contributed by atoms with Crippen LogP contribution in [0.3, 0.4) is 0 Å². The van der Waals surface area contributed by atoms with Gasteiger partial charge in [0.05, 0.1) is 6.04 Å². The third-order valence-electron chi connectivity index (χ3n) is 2.15. The zero-order valence-corrected chi connectivity index (χ0v) is 13.3. The molecular weight excluding hydrogens is 302 g/mol. The van der Waals surface area contributed by atoms with Crippen LogP contribution in [-0.4, -0.2) is 18.1 Å². The Morgan fingerprint density at radius 1 is 1.44 bits per heavy atom. The van der Waals surface area contributed by atoms with E-state index in [1.54, 1.807) is 0 Å². The highest BCUT2D eigenvalue weighted by molar-refractivity contribution is 9.10. The summed E-state index contributed by atoms with van der Waals surface area (Å²) in [6.45, 7) is 7.74. The number of rotatable bonds is 7. The minimum atomic E-state index is 0.489. The van der Waals surface area contributed by atoms with E-state index in [0.717, 1.165) is 18.2 Å². The first-order valence-corrected chi connectivity index (χ1v) is 8.51. The number of nitrogens with one attached hydrogen (secondary N) is 1. The van der Waals surface area contributed by atoms with Crippen molar-refractivity contribution < 1.29 is 0 Å². The molecule has 1 nitrogen and oxygen atoms in total. The largest absolute Gasteiger partial charge is 0.309 e. The highest BCUT2D eigenvalue weighted by atomic mass is 79.9. The Bertz CT molecular complexity index is 299. The molecule has 0 aliphatic carbocycles. The molecule has 0 bridgehead atoms. The Balaban J connectivity index is 2.51. The lowest BCUT2D eigenvalue weighted by Gasteiger charge is -2.17. The summed E-state index contributed by atoms with van der Waals surface area (Å²) in [4.78, 5) is 1.43. The summed E-state index contributed by atoms with van der Waals surface area (Å²) in [5.74, 6) is 3.18. The van der Waals surface area contributed by atoms with Crippen molar-refractivity contribution >= 4 is 39.0 Å². The van der Waals surface area contributed by atoms with E-state index >= 15 is 0 Å². The molecule has 0 fully saturated rings. The van der Waals surface area contributed by atoms with Crippen molar-refractivity contribution in [1.29, 1.82) is 0 Å². The van der Waals surface area contributed by atoms with E-state index in [1.807, 2.05) is 23.1 Å². The van der Waals surface area contributed by atoms with Crippen LogP contribution in [0.2, 0.25) is 0 Å².